The smallest absolute Gasteiger partial charge is 0.163 e. The highest BCUT2D eigenvalue weighted by Crippen LogP contribution is 2.32. The Hall–Kier alpha value is -1.11. The molecule has 0 radical (unpaired) electrons. The standard InChI is InChI=1S/C12H12O/c13-11-7-6-9-5-4-8-2-1-3-10(8)12(9)11/h4-5H,1-3,6-7H2. The van der Waals surface area contributed by atoms with Crippen molar-refractivity contribution in [3.8, 4) is 0 Å². The van der Waals surface area contributed by atoms with E-state index in [1.807, 2.05) is 0 Å². The van der Waals surface area contributed by atoms with E-state index in [4.69, 9.17) is 0 Å². The fourth-order valence-electron chi connectivity index (χ4n) is 2.64. The minimum Gasteiger partial charge on any atom is -0.294 e. The van der Waals surface area contributed by atoms with Gasteiger partial charge in [-0.3, -0.25) is 4.79 Å². The first-order chi connectivity index (χ1) is 6.36. The molecule has 1 aromatic rings. The number of ketones is 1. The quantitative estimate of drug-likeness (QED) is 0.587. The van der Waals surface area contributed by atoms with Gasteiger partial charge in [0.05, 0.1) is 0 Å². The van der Waals surface area contributed by atoms with E-state index in [1.54, 1.807) is 0 Å². The number of Topliss-reactive ketones (excluding diaryl/α,β-unsaturated/α-hetero) is 1. The molecule has 66 valence electrons. The lowest BCUT2D eigenvalue weighted by molar-refractivity contribution is 0.0994. The Morgan fingerprint density at radius 3 is 2.69 bits per heavy atom. The molecule has 0 atom stereocenters. The molecule has 0 N–H and O–H groups in total. The molecule has 0 heterocycles. The van der Waals surface area contributed by atoms with Crippen molar-refractivity contribution < 1.29 is 4.79 Å². The Balaban J connectivity index is 2.29. The molecule has 1 aromatic carbocycles. The summed E-state index contributed by atoms with van der Waals surface area (Å²) in [5.41, 5.74) is 5.19. The van der Waals surface area contributed by atoms with E-state index < -0.39 is 0 Å². The summed E-state index contributed by atoms with van der Waals surface area (Å²) >= 11 is 0. The van der Waals surface area contributed by atoms with Gasteiger partial charge in [0, 0.05) is 12.0 Å². The summed E-state index contributed by atoms with van der Waals surface area (Å²) < 4.78 is 0. The van der Waals surface area contributed by atoms with Crippen LogP contribution in [0.15, 0.2) is 12.1 Å². The van der Waals surface area contributed by atoms with Gasteiger partial charge in [-0.1, -0.05) is 12.1 Å². The van der Waals surface area contributed by atoms with Gasteiger partial charge in [0.25, 0.3) is 0 Å². The van der Waals surface area contributed by atoms with E-state index in [1.165, 1.54) is 29.5 Å². The Kier molecular flexibility index (Phi) is 1.37. The van der Waals surface area contributed by atoms with Crippen LogP contribution in [0.4, 0.5) is 0 Å². The van der Waals surface area contributed by atoms with E-state index in [0.717, 1.165) is 24.8 Å². The first kappa shape index (κ1) is 7.31. The van der Waals surface area contributed by atoms with E-state index in [2.05, 4.69) is 12.1 Å². The summed E-state index contributed by atoms with van der Waals surface area (Å²) in [6.45, 7) is 0. The predicted molar refractivity (Wildman–Crippen MR) is 51.1 cm³/mol. The van der Waals surface area contributed by atoms with Crippen molar-refractivity contribution in [1.82, 2.24) is 0 Å². The largest absolute Gasteiger partial charge is 0.294 e. The van der Waals surface area contributed by atoms with Crippen LogP contribution in [0, 0.1) is 0 Å². The topological polar surface area (TPSA) is 17.1 Å². The third kappa shape index (κ3) is 0.902. The van der Waals surface area contributed by atoms with Gasteiger partial charge in [-0.25, -0.2) is 0 Å². The SMILES string of the molecule is O=C1CCc2ccc3c(c21)CCC3. The molecule has 0 unspecified atom stereocenters. The summed E-state index contributed by atoms with van der Waals surface area (Å²) in [7, 11) is 0. The van der Waals surface area contributed by atoms with Crippen LogP contribution in [-0.2, 0) is 19.3 Å². The van der Waals surface area contributed by atoms with Crippen molar-refractivity contribution in [2.45, 2.75) is 32.1 Å². The lowest BCUT2D eigenvalue weighted by atomic mass is 9.99. The molecule has 0 spiro atoms. The van der Waals surface area contributed by atoms with Gasteiger partial charge in [-0.05, 0) is 42.4 Å². The third-order valence-corrected chi connectivity index (χ3v) is 3.27. The molecule has 0 fully saturated rings. The first-order valence-electron chi connectivity index (χ1n) is 5.03. The molecule has 0 bridgehead atoms. The van der Waals surface area contributed by atoms with Crippen LogP contribution >= 0.6 is 0 Å². The van der Waals surface area contributed by atoms with Crippen LogP contribution in [0.5, 0.6) is 0 Å². The third-order valence-electron chi connectivity index (χ3n) is 3.27. The Morgan fingerprint density at radius 1 is 0.923 bits per heavy atom. The van der Waals surface area contributed by atoms with Crippen molar-refractivity contribution in [2.24, 2.45) is 0 Å². The molecule has 0 saturated heterocycles. The number of fused-ring (bicyclic) bond motifs is 3. The maximum Gasteiger partial charge on any atom is 0.163 e. The summed E-state index contributed by atoms with van der Waals surface area (Å²) in [5, 5.41) is 0. The van der Waals surface area contributed by atoms with Gasteiger partial charge < -0.3 is 0 Å². The second-order valence-corrected chi connectivity index (χ2v) is 4.01. The number of rotatable bonds is 0. The second kappa shape index (κ2) is 2.44. The Labute approximate surface area is 77.8 Å². The summed E-state index contributed by atoms with van der Waals surface area (Å²) in [5.74, 6) is 0.383. The van der Waals surface area contributed by atoms with E-state index in [9.17, 15) is 4.79 Å². The zero-order valence-corrected chi connectivity index (χ0v) is 7.60. The first-order valence-corrected chi connectivity index (χ1v) is 5.03. The van der Waals surface area contributed by atoms with Crippen LogP contribution in [0.1, 0.15) is 39.9 Å². The minimum atomic E-state index is 0.383. The second-order valence-electron chi connectivity index (χ2n) is 4.01. The van der Waals surface area contributed by atoms with E-state index >= 15 is 0 Å². The number of benzene rings is 1. The predicted octanol–water partition coefficient (Wildman–Crippen LogP) is 2.30. The molecule has 0 saturated carbocycles. The van der Waals surface area contributed by atoms with Crippen LogP contribution < -0.4 is 0 Å². The average molecular weight is 172 g/mol. The maximum absolute atomic E-state index is 11.6. The molecule has 0 aromatic heterocycles. The molecule has 1 nitrogen and oxygen atoms in total. The minimum absolute atomic E-state index is 0.383. The molecule has 0 aliphatic heterocycles. The number of hydrogen-bond donors (Lipinski definition) is 0. The lowest BCUT2D eigenvalue weighted by Crippen LogP contribution is -1.98. The van der Waals surface area contributed by atoms with Crippen molar-refractivity contribution in [2.75, 3.05) is 0 Å². The highest BCUT2D eigenvalue weighted by atomic mass is 16.1. The Bertz CT molecular complexity index is 390. The normalized spacial score (nSPS) is 18.9. The molecular formula is C12H12O. The fourth-order valence-corrected chi connectivity index (χ4v) is 2.64. The van der Waals surface area contributed by atoms with Crippen LogP contribution in [0.3, 0.4) is 0 Å². The number of aryl methyl sites for hydroxylation is 2. The molecule has 2 aliphatic carbocycles. The molecule has 0 amide bonds. The van der Waals surface area contributed by atoms with Gasteiger partial charge >= 0.3 is 0 Å². The van der Waals surface area contributed by atoms with Crippen molar-refractivity contribution in [3.05, 3.63) is 34.4 Å². The number of carbonyl (C=O) groups is 1. The van der Waals surface area contributed by atoms with E-state index in [-0.39, 0.29) is 0 Å². The van der Waals surface area contributed by atoms with Crippen LogP contribution in [0.2, 0.25) is 0 Å². The molecule has 1 heteroatoms. The van der Waals surface area contributed by atoms with Crippen LogP contribution in [0.25, 0.3) is 0 Å². The van der Waals surface area contributed by atoms with E-state index in [0.29, 0.717) is 5.78 Å². The van der Waals surface area contributed by atoms with Gasteiger partial charge in [0.2, 0.25) is 0 Å². The van der Waals surface area contributed by atoms with Crippen molar-refractivity contribution in [3.63, 3.8) is 0 Å². The zero-order chi connectivity index (χ0) is 8.84. The van der Waals surface area contributed by atoms with Gasteiger partial charge in [-0.15, -0.1) is 0 Å². The van der Waals surface area contributed by atoms with Gasteiger partial charge in [-0.2, -0.15) is 0 Å². The van der Waals surface area contributed by atoms with Gasteiger partial charge in [0.15, 0.2) is 5.78 Å². The van der Waals surface area contributed by atoms with Crippen LogP contribution in [-0.4, -0.2) is 5.78 Å². The van der Waals surface area contributed by atoms with Crippen molar-refractivity contribution >= 4 is 5.78 Å². The monoisotopic (exact) mass is 172 g/mol. The fraction of sp³-hybridized carbons (Fsp3) is 0.417. The molecule has 2 aliphatic rings. The molecule has 3 rings (SSSR count). The van der Waals surface area contributed by atoms with Gasteiger partial charge in [0.1, 0.15) is 0 Å². The summed E-state index contributed by atoms with van der Waals surface area (Å²) in [6, 6.07) is 4.38. The number of carbonyl (C=O) groups excluding carboxylic acids is 1. The molecular weight excluding hydrogens is 160 g/mol. The molecule has 13 heavy (non-hydrogen) atoms. The Morgan fingerprint density at radius 2 is 1.77 bits per heavy atom. The summed E-state index contributed by atoms with van der Waals surface area (Å²) in [6.07, 6.45) is 5.26. The summed E-state index contributed by atoms with van der Waals surface area (Å²) in [4.78, 5) is 11.6. The highest BCUT2D eigenvalue weighted by molar-refractivity contribution is 6.02. The lowest BCUT2D eigenvalue weighted by Gasteiger charge is -2.04. The maximum atomic E-state index is 11.6. The average Bonchev–Trinajstić information content (AvgIpc) is 2.70. The highest BCUT2D eigenvalue weighted by Gasteiger charge is 2.26. The van der Waals surface area contributed by atoms with Crippen molar-refractivity contribution in [1.29, 1.82) is 0 Å². The zero-order valence-electron chi connectivity index (χ0n) is 7.60. The number of hydrogen-bond acceptors (Lipinski definition) is 1.